The number of aliphatic carboxylic acids is 1. The van der Waals surface area contributed by atoms with Crippen molar-refractivity contribution in [1.82, 2.24) is 9.88 Å². The summed E-state index contributed by atoms with van der Waals surface area (Å²) in [7, 11) is 0. The molecule has 1 aliphatic heterocycles. The van der Waals surface area contributed by atoms with Gasteiger partial charge in [-0.15, -0.1) is 0 Å². The average molecular weight is 661 g/mol. The Morgan fingerprint density at radius 2 is 1.84 bits per heavy atom. The molecule has 0 radical (unpaired) electrons. The number of nitrogens with zero attached hydrogens (tertiary/aromatic N) is 5. The van der Waals surface area contributed by atoms with Gasteiger partial charge in [0.15, 0.2) is 0 Å². The molecule has 1 aliphatic rings. The first-order valence-electron chi connectivity index (χ1n) is 13.9. The molecular weight excluding hydrogens is 629 g/mol. The van der Waals surface area contributed by atoms with Crippen LogP contribution >= 0.6 is 15.9 Å². The summed E-state index contributed by atoms with van der Waals surface area (Å²) in [6.45, 7) is 6.76. The van der Waals surface area contributed by atoms with Crippen molar-refractivity contribution < 1.29 is 23.8 Å². The highest BCUT2D eigenvalue weighted by atomic mass is 79.9. The zero-order valence-corrected chi connectivity index (χ0v) is 26.1. The second kappa shape index (κ2) is 13.7. The van der Waals surface area contributed by atoms with Crippen LogP contribution in [0.3, 0.4) is 0 Å². The summed E-state index contributed by atoms with van der Waals surface area (Å²) < 4.78 is 20.7. The van der Waals surface area contributed by atoms with Crippen LogP contribution in [0.25, 0.3) is 17.2 Å². The molecule has 1 saturated heterocycles. The first-order valence-corrected chi connectivity index (χ1v) is 14.7. The molecule has 0 unspecified atom stereocenters. The number of anilines is 1. The number of amides is 1. The highest BCUT2D eigenvalue weighted by molar-refractivity contribution is 9.10. The van der Waals surface area contributed by atoms with E-state index >= 15 is 0 Å². The molecule has 44 heavy (non-hydrogen) atoms. The fraction of sp³-hybridized carbons (Fsp3) is 0.303. The third-order valence-electron chi connectivity index (χ3n) is 7.09. The molecule has 1 amide bonds. The van der Waals surface area contributed by atoms with Crippen molar-refractivity contribution in [1.29, 1.82) is 10.5 Å². The van der Waals surface area contributed by atoms with E-state index in [-0.39, 0.29) is 17.2 Å². The van der Waals surface area contributed by atoms with E-state index < -0.39 is 23.5 Å². The van der Waals surface area contributed by atoms with Crippen LogP contribution < -0.4 is 4.90 Å². The molecule has 1 fully saturated rings. The van der Waals surface area contributed by atoms with Crippen molar-refractivity contribution in [3.05, 3.63) is 87.3 Å². The molecule has 11 heteroatoms. The molecule has 0 bridgehead atoms. The monoisotopic (exact) mass is 659 g/mol. The summed E-state index contributed by atoms with van der Waals surface area (Å²) in [6.07, 6.45) is 4.89. The van der Waals surface area contributed by atoms with Gasteiger partial charge in [0.05, 0.1) is 5.56 Å². The van der Waals surface area contributed by atoms with Crippen molar-refractivity contribution in [2.45, 2.75) is 51.8 Å². The predicted molar refractivity (Wildman–Crippen MR) is 167 cm³/mol. The number of carboxylic acids is 1. The molecule has 0 saturated carbocycles. The van der Waals surface area contributed by atoms with E-state index in [1.165, 1.54) is 18.2 Å². The van der Waals surface area contributed by atoms with Gasteiger partial charge >= 0.3 is 12.1 Å². The fourth-order valence-corrected chi connectivity index (χ4v) is 5.55. The molecule has 0 aliphatic carbocycles. The maximum Gasteiger partial charge on any atom is 0.410 e. The van der Waals surface area contributed by atoms with E-state index in [1.54, 1.807) is 29.3 Å². The number of benzene rings is 2. The molecule has 2 heterocycles. The molecule has 9 nitrogen and oxygen atoms in total. The highest BCUT2D eigenvalue weighted by Crippen LogP contribution is 2.37. The van der Waals surface area contributed by atoms with Gasteiger partial charge in [0.2, 0.25) is 0 Å². The number of carboxylic acid groups (broad SMARTS) is 1. The Labute approximate surface area is 263 Å². The summed E-state index contributed by atoms with van der Waals surface area (Å²) in [5.41, 5.74) is 2.04. The van der Waals surface area contributed by atoms with Crippen LogP contribution in [0.5, 0.6) is 0 Å². The third kappa shape index (κ3) is 7.80. The Kier molecular flexibility index (Phi) is 10.0. The SMILES string of the molecule is CC(C)(C)OC(=O)N(Cc1ccc(C=CC(=O)O)cc1)C1CCN(c2ncc(Br)c(-c3ccc(C#N)c(F)c3)c2C#N)CC1. The lowest BCUT2D eigenvalue weighted by Crippen LogP contribution is -2.48. The van der Waals surface area contributed by atoms with Crippen LogP contribution in [0.1, 0.15) is 55.9 Å². The van der Waals surface area contributed by atoms with Crippen LogP contribution in [-0.2, 0) is 16.1 Å². The number of halogens is 2. The lowest BCUT2D eigenvalue weighted by molar-refractivity contribution is -0.131. The highest BCUT2D eigenvalue weighted by Gasteiger charge is 2.33. The smallest absolute Gasteiger partial charge is 0.410 e. The molecular formula is C33H31BrFN5O4. The molecule has 3 aromatic rings. The number of piperidine rings is 1. The molecule has 0 atom stereocenters. The van der Waals surface area contributed by atoms with Gasteiger partial charge < -0.3 is 19.6 Å². The molecule has 226 valence electrons. The van der Waals surface area contributed by atoms with Gasteiger partial charge in [0.1, 0.15) is 34.9 Å². The van der Waals surface area contributed by atoms with Gasteiger partial charge in [-0.05, 0) is 84.4 Å². The van der Waals surface area contributed by atoms with Crippen molar-refractivity contribution in [2.75, 3.05) is 18.0 Å². The van der Waals surface area contributed by atoms with Gasteiger partial charge in [-0.25, -0.2) is 19.0 Å². The number of carbonyl (C=O) groups excluding carboxylic acids is 1. The molecule has 1 N–H and O–H groups in total. The average Bonchev–Trinajstić information content (AvgIpc) is 2.98. The summed E-state index contributed by atoms with van der Waals surface area (Å²) in [5.74, 6) is -1.24. The summed E-state index contributed by atoms with van der Waals surface area (Å²) in [6, 6.07) is 15.4. The fourth-order valence-electron chi connectivity index (χ4n) is 5.02. The number of pyridine rings is 1. The molecule has 1 aromatic heterocycles. The van der Waals surface area contributed by atoms with Crippen LogP contribution in [0, 0.1) is 28.5 Å². The van der Waals surface area contributed by atoms with Gasteiger partial charge in [0, 0.05) is 48.0 Å². The zero-order chi connectivity index (χ0) is 32.0. The van der Waals surface area contributed by atoms with Crippen molar-refractivity contribution >= 4 is 39.9 Å². The normalized spacial score (nSPS) is 13.8. The van der Waals surface area contributed by atoms with E-state index in [0.29, 0.717) is 53.9 Å². The van der Waals surface area contributed by atoms with E-state index in [2.05, 4.69) is 27.0 Å². The number of hydrogen-bond acceptors (Lipinski definition) is 7. The lowest BCUT2D eigenvalue weighted by atomic mass is 9.98. The van der Waals surface area contributed by atoms with E-state index in [0.717, 1.165) is 17.2 Å². The minimum absolute atomic E-state index is 0.0831. The van der Waals surface area contributed by atoms with Crippen LogP contribution in [0.4, 0.5) is 15.0 Å². The van der Waals surface area contributed by atoms with Crippen LogP contribution in [0.2, 0.25) is 0 Å². The summed E-state index contributed by atoms with van der Waals surface area (Å²) in [4.78, 5) is 32.4. The first-order chi connectivity index (χ1) is 20.9. The minimum atomic E-state index is -1.03. The van der Waals surface area contributed by atoms with Crippen LogP contribution in [-0.4, -0.2) is 51.8 Å². The Balaban J connectivity index is 1.57. The van der Waals surface area contributed by atoms with Crippen molar-refractivity contribution in [3.8, 4) is 23.3 Å². The second-order valence-corrected chi connectivity index (χ2v) is 12.2. The lowest BCUT2D eigenvalue weighted by Gasteiger charge is -2.39. The second-order valence-electron chi connectivity index (χ2n) is 11.3. The molecule has 2 aromatic carbocycles. The maximum atomic E-state index is 14.5. The predicted octanol–water partition coefficient (Wildman–Crippen LogP) is 6.90. The van der Waals surface area contributed by atoms with Gasteiger partial charge in [-0.1, -0.05) is 30.3 Å². The summed E-state index contributed by atoms with van der Waals surface area (Å²) >= 11 is 3.45. The first kappa shape index (κ1) is 32.2. The third-order valence-corrected chi connectivity index (χ3v) is 7.69. The van der Waals surface area contributed by atoms with E-state index in [9.17, 15) is 19.2 Å². The largest absolute Gasteiger partial charge is 0.478 e. The molecule has 0 spiro atoms. The standard InChI is InChI=1S/C33H31BrFN5O4/c1-33(2,3)44-32(43)40(20-22-6-4-21(5-7-22)8-11-29(41)42)25-12-14-39(15-13-25)31-26(18-37)30(27(34)19-38-31)23-9-10-24(17-36)28(35)16-23/h4-11,16,19,25H,12-15,20H2,1-3H3,(H,41,42). The maximum absolute atomic E-state index is 14.5. The number of rotatable bonds is 7. The number of aromatic nitrogens is 1. The Morgan fingerprint density at radius 1 is 1.16 bits per heavy atom. The van der Waals surface area contributed by atoms with Crippen LogP contribution in [0.15, 0.2) is 59.2 Å². The van der Waals surface area contributed by atoms with Crippen molar-refractivity contribution in [3.63, 3.8) is 0 Å². The topological polar surface area (TPSA) is 131 Å². The zero-order valence-electron chi connectivity index (χ0n) is 24.6. The Morgan fingerprint density at radius 3 is 2.41 bits per heavy atom. The Hall–Kier alpha value is -4.74. The molecule has 4 rings (SSSR count). The number of hydrogen-bond donors (Lipinski definition) is 1. The van der Waals surface area contributed by atoms with Gasteiger partial charge in [0.25, 0.3) is 0 Å². The number of nitriles is 2. The minimum Gasteiger partial charge on any atom is -0.478 e. The van der Waals surface area contributed by atoms with E-state index in [1.807, 2.05) is 43.9 Å². The van der Waals surface area contributed by atoms with E-state index in [4.69, 9.17) is 15.1 Å². The number of ether oxygens (including phenoxy) is 1. The number of carbonyl (C=O) groups is 2. The Bertz CT molecular complexity index is 1660. The quantitative estimate of drug-likeness (QED) is 0.271. The van der Waals surface area contributed by atoms with Gasteiger partial charge in [-0.3, -0.25) is 0 Å². The van der Waals surface area contributed by atoms with Crippen molar-refractivity contribution in [2.24, 2.45) is 0 Å². The summed E-state index contributed by atoms with van der Waals surface area (Å²) in [5, 5.41) is 28.2. The van der Waals surface area contributed by atoms with Gasteiger partial charge in [-0.2, -0.15) is 10.5 Å².